The van der Waals surface area contributed by atoms with Crippen LogP contribution in [0, 0.1) is 0 Å². The van der Waals surface area contributed by atoms with E-state index in [0.29, 0.717) is 6.42 Å². The molecule has 0 bridgehead atoms. The number of aliphatic hydroxyl groups excluding tert-OH is 1. The van der Waals surface area contributed by atoms with Crippen LogP contribution in [0.1, 0.15) is 135 Å². The number of aryl methyl sites for hydroxylation is 1. The Kier molecular flexibility index (Phi) is 20.4. The molecule has 4 N–H and O–H groups in total. The minimum Gasteiger partial charge on any atom is -0.393 e. The van der Waals surface area contributed by atoms with E-state index < -0.39 is 0 Å². The first-order valence-corrected chi connectivity index (χ1v) is 14.2. The number of benzene rings is 1. The molecule has 0 fully saturated rings. The third-order valence-electron chi connectivity index (χ3n) is 6.74. The number of hydrogen-bond donors (Lipinski definition) is 3. The number of rotatable bonds is 21. The highest BCUT2D eigenvalue weighted by Crippen LogP contribution is 2.22. The van der Waals surface area contributed by atoms with Gasteiger partial charge in [-0.25, -0.2) is 0 Å². The van der Waals surface area contributed by atoms with E-state index in [-0.39, 0.29) is 30.0 Å². The highest BCUT2D eigenvalue weighted by Gasteiger charge is 2.17. The maximum Gasteiger partial charge on any atom is 0.219 e. The molecule has 0 spiro atoms. The van der Waals surface area contributed by atoms with E-state index in [0.717, 1.165) is 51.5 Å². The van der Waals surface area contributed by atoms with Gasteiger partial charge in [-0.15, -0.1) is 12.4 Å². The zero-order valence-electron chi connectivity index (χ0n) is 23.0. The summed E-state index contributed by atoms with van der Waals surface area (Å²) in [4.78, 5) is 12.1. The van der Waals surface area contributed by atoms with Gasteiger partial charge in [-0.2, -0.15) is 0 Å². The topological polar surface area (TPSA) is 75.3 Å². The average molecular weight is 511 g/mol. The largest absolute Gasteiger partial charge is 0.393 e. The molecule has 0 radical (unpaired) electrons. The van der Waals surface area contributed by atoms with Gasteiger partial charge in [-0.1, -0.05) is 102 Å². The predicted octanol–water partition coefficient (Wildman–Crippen LogP) is 7.58. The molecular formula is C30H55ClN2O2. The van der Waals surface area contributed by atoms with Gasteiger partial charge >= 0.3 is 0 Å². The quantitative estimate of drug-likeness (QED) is 0.149. The van der Waals surface area contributed by atoms with Gasteiger partial charge in [-0.3, -0.25) is 4.79 Å². The summed E-state index contributed by atoms with van der Waals surface area (Å²) in [5.74, 6) is 0.181. The van der Waals surface area contributed by atoms with Crippen LogP contribution in [0.15, 0.2) is 24.3 Å². The standard InChI is InChI=1S/C30H54N2O2.ClH/c1-4-5-6-13-21-27(33)22-14-11-9-7-8-10-12-15-24-29(34)32-25-18-20-26-19-16-17-23-28(26)30(2,3)31;/h16-17,19,23,27,33H,4-15,18,20-22,24-25,31H2,1-3H3,(H,32,34);1H. The molecule has 1 atom stereocenters. The van der Waals surface area contributed by atoms with Gasteiger partial charge in [0.1, 0.15) is 0 Å². The van der Waals surface area contributed by atoms with Crippen LogP contribution >= 0.6 is 12.4 Å². The lowest BCUT2D eigenvalue weighted by atomic mass is 9.89. The van der Waals surface area contributed by atoms with Gasteiger partial charge in [0.25, 0.3) is 0 Å². The van der Waals surface area contributed by atoms with Crippen LogP contribution < -0.4 is 11.1 Å². The third-order valence-corrected chi connectivity index (χ3v) is 6.74. The van der Waals surface area contributed by atoms with E-state index in [1.807, 2.05) is 19.9 Å². The maximum absolute atomic E-state index is 12.1. The van der Waals surface area contributed by atoms with Crippen LogP contribution in [0.4, 0.5) is 0 Å². The molecule has 1 unspecified atom stereocenters. The molecule has 0 heterocycles. The van der Waals surface area contributed by atoms with Gasteiger partial charge in [0.05, 0.1) is 6.10 Å². The Morgan fingerprint density at radius 1 is 0.886 bits per heavy atom. The Balaban J connectivity index is 0.0000116. The first kappa shape index (κ1) is 33.9. The Morgan fingerprint density at radius 3 is 2.03 bits per heavy atom. The molecule has 0 aromatic heterocycles. The zero-order valence-corrected chi connectivity index (χ0v) is 23.8. The molecule has 1 aromatic rings. The van der Waals surface area contributed by atoms with Crippen molar-refractivity contribution in [3.05, 3.63) is 35.4 Å². The van der Waals surface area contributed by atoms with E-state index in [2.05, 4.69) is 30.4 Å². The maximum atomic E-state index is 12.1. The highest BCUT2D eigenvalue weighted by atomic mass is 35.5. The van der Waals surface area contributed by atoms with Crippen LogP contribution in [0.2, 0.25) is 0 Å². The summed E-state index contributed by atoms with van der Waals surface area (Å²) in [7, 11) is 0. The van der Waals surface area contributed by atoms with Crippen molar-refractivity contribution in [2.75, 3.05) is 6.54 Å². The SMILES string of the molecule is CCCCCCC(O)CCCCCCCCCCC(=O)NCCCc1ccccc1C(C)(C)N.Cl. The molecule has 1 rings (SSSR count). The molecule has 5 heteroatoms. The molecule has 1 amide bonds. The van der Waals surface area contributed by atoms with Crippen molar-refractivity contribution in [3.63, 3.8) is 0 Å². The van der Waals surface area contributed by atoms with Gasteiger partial charge in [0.2, 0.25) is 5.91 Å². The van der Waals surface area contributed by atoms with E-state index in [1.165, 1.54) is 68.9 Å². The monoisotopic (exact) mass is 510 g/mol. The number of nitrogens with two attached hydrogens (primary N) is 1. The average Bonchev–Trinajstić information content (AvgIpc) is 2.80. The van der Waals surface area contributed by atoms with Gasteiger partial charge in [0.15, 0.2) is 0 Å². The number of hydrogen-bond acceptors (Lipinski definition) is 3. The Hall–Kier alpha value is -1.10. The Morgan fingerprint density at radius 2 is 1.43 bits per heavy atom. The minimum atomic E-state index is -0.337. The second-order valence-electron chi connectivity index (χ2n) is 10.7. The first-order valence-electron chi connectivity index (χ1n) is 14.2. The van der Waals surface area contributed by atoms with Crippen molar-refractivity contribution in [1.82, 2.24) is 5.32 Å². The smallest absolute Gasteiger partial charge is 0.219 e. The van der Waals surface area contributed by atoms with Gasteiger partial charge in [-0.05, 0) is 57.1 Å². The van der Waals surface area contributed by atoms with Crippen LogP contribution in [-0.4, -0.2) is 23.7 Å². The predicted molar refractivity (Wildman–Crippen MR) is 153 cm³/mol. The summed E-state index contributed by atoms with van der Waals surface area (Å²) in [6, 6.07) is 8.35. The van der Waals surface area contributed by atoms with E-state index >= 15 is 0 Å². The fourth-order valence-electron chi connectivity index (χ4n) is 4.64. The number of unbranched alkanes of at least 4 members (excludes halogenated alkanes) is 10. The van der Waals surface area contributed by atoms with Crippen molar-refractivity contribution in [2.45, 2.75) is 142 Å². The number of nitrogens with one attached hydrogen (secondary N) is 1. The molecule has 0 saturated carbocycles. The first-order chi connectivity index (χ1) is 16.3. The summed E-state index contributed by atoms with van der Waals surface area (Å²) in [5.41, 5.74) is 8.42. The minimum absolute atomic E-state index is 0. The van der Waals surface area contributed by atoms with Crippen molar-refractivity contribution in [1.29, 1.82) is 0 Å². The third kappa shape index (κ3) is 17.9. The van der Waals surface area contributed by atoms with E-state index in [1.54, 1.807) is 0 Å². The van der Waals surface area contributed by atoms with Crippen LogP contribution in [-0.2, 0) is 16.8 Å². The molecule has 0 aliphatic carbocycles. The summed E-state index contributed by atoms with van der Waals surface area (Å²) >= 11 is 0. The summed E-state index contributed by atoms with van der Waals surface area (Å²) in [6.07, 6.45) is 18.9. The summed E-state index contributed by atoms with van der Waals surface area (Å²) in [6.45, 7) is 7.03. The fraction of sp³-hybridized carbons (Fsp3) is 0.767. The van der Waals surface area contributed by atoms with Crippen molar-refractivity contribution < 1.29 is 9.90 Å². The van der Waals surface area contributed by atoms with Gasteiger partial charge in [0, 0.05) is 18.5 Å². The number of amides is 1. The number of aliphatic hydroxyl groups is 1. The highest BCUT2D eigenvalue weighted by molar-refractivity contribution is 5.85. The normalized spacial score (nSPS) is 12.3. The second kappa shape index (κ2) is 21.0. The van der Waals surface area contributed by atoms with Crippen LogP contribution in [0.25, 0.3) is 0 Å². The van der Waals surface area contributed by atoms with Crippen molar-refractivity contribution in [2.24, 2.45) is 5.73 Å². The van der Waals surface area contributed by atoms with Crippen molar-refractivity contribution >= 4 is 18.3 Å². The summed E-state index contributed by atoms with van der Waals surface area (Å²) in [5, 5.41) is 13.1. The lowest BCUT2D eigenvalue weighted by Crippen LogP contribution is -2.30. The summed E-state index contributed by atoms with van der Waals surface area (Å²) < 4.78 is 0. The van der Waals surface area contributed by atoms with Gasteiger partial charge < -0.3 is 16.2 Å². The molecule has 0 aliphatic rings. The number of carbonyl (C=O) groups excluding carboxylic acids is 1. The molecular weight excluding hydrogens is 456 g/mol. The van der Waals surface area contributed by atoms with E-state index in [4.69, 9.17) is 5.73 Å². The molecule has 4 nitrogen and oxygen atoms in total. The Bertz CT molecular complexity index is 645. The lowest BCUT2D eigenvalue weighted by molar-refractivity contribution is -0.121. The molecule has 0 saturated heterocycles. The Labute approximate surface area is 222 Å². The molecule has 0 aliphatic heterocycles. The number of halogens is 1. The second-order valence-corrected chi connectivity index (χ2v) is 10.7. The fourth-order valence-corrected chi connectivity index (χ4v) is 4.64. The zero-order chi connectivity index (χ0) is 25.1. The molecule has 204 valence electrons. The lowest BCUT2D eigenvalue weighted by Gasteiger charge is -2.23. The number of carbonyl (C=O) groups is 1. The van der Waals surface area contributed by atoms with Crippen molar-refractivity contribution in [3.8, 4) is 0 Å². The van der Waals surface area contributed by atoms with Crippen LogP contribution in [0.3, 0.4) is 0 Å². The molecule has 35 heavy (non-hydrogen) atoms. The van der Waals surface area contributed by atoms with E-state index in [9.17, 15) is 9.90 Å². The van der Waals surface area contributed by atoms with Crippen LogP contribution in [0.5, 0.6) is 0 Å². The molecule has 1 aromatic carbocycles.